The van der Waals surface area contributed by atoms with Crippen LogP contribution in [0, 0.1) is 5.82 Å². The fourth-order valence-corrected chi connectivity index (χ4v) is 2.00. The molecule has 0 radical (unpaired) electrons. The Labute approximate surface area is 125 Å². The number of hydrogen-bond acceptors (Lipinski definition) is 2. The Hall–Kier alpha value is -1.96. The Kier molecular flexibility index (Phi) is 4.26. The molecule has 1 N–H and O–H groups in total. The second-order valence-electron chi connectivity index (χ2n) is 3.98. The number of alkyl halides is 3. The average Bonchev–Trinajstić information content (AvgIpc) is 2.40. The molecule has 0 aliphatic heterocycles. The van der Waals surface area contributed by atoms with Gasteiger partial charge in [-0.25, -0.2) is 9.37 Å². The van der Waals surface area contributed by atoms with Crippen molar-refractivity contribution in [2.75, 3.05) is 5.32 Å². The molecular weight excluding hydrogens is 356 g/mol. The van der Waals surface area contributed by atoms with Crippen LogP contribution in [0.15, 0.2) is 41.0 Å². The van der Waals surface area contributed by atoms with Crippen LogP contribution in [-0.2, 0) is 6.18 Å². The highest BCUT2D eigenvalue weighted by Gasteiger charge is 2.34. The van der Waals surface area contributed by atoms with Crippen LogP contribution in [0.5, 0.6) is 0 Å². The molecule has 2 rings (SSSR count). The molecule has 0 aliphatic carbocycles. The van der Waals surface area contributed by atoms with Crippen LogP contribution in [-0.4, -0.2) is 10.9 Å². The van der Waals surface area contributed by atoms with Gasteiger partial charge in [0.1, 0.15) is 11.5 Å². The summed E-state index contributed by atoms with van der Waals surface area (Å²) in [5.41, 5.74) is -1.61. The molecule has 3 nitrogen and oxygen atoms in total. The summed E-state index contributed by atoms with van der Waals surface area (Å²) >= 11 is 3.10. The van der Waals surface area contributed by atoms with Gasteiger partial charge in [-0.15, -0.1) is 0 Å². The first-order valence-electron chi connectivity index (χ1n) is 5.57. The monoisotopic (exact) mass is 362 g/mol. The summed E-state index contributed by atoms with van der Waals surface area (Å²) in [7, 11) is 0. The molecule has 0 aliphatic rings. The molecule has 0 saturated carbocycles. The van der Waals surface area contributed by atoms with E-state index in [1.54, 1.807) is 12.1 Å². The van der Waals surface area contributed by atoms with E-state index in [0.29, 0.717) is 16.6 Å². The predicted octanol–water partition coefficient (Wildman–Crippen LogP) is 4.25. The third-order valence-corrected chi connectivity index (χ3v) is 3.14. The number of benzene rings is 1. The number of nitrogens with one attached hydrogen (secondary N) is 1. The van der Waals surface area contributed by atoms with Crippen molar-refractivity contribution >= 4 is 27.5 Å². The zero-order chi connectivity index (χ0) is 15.6. The van der Waals surface area contributed by atoms with Crippen molar-refractivity contribution in [3.8, 4) is 0 Å². The number of pyridine rings is 1. The molecular formula is C13H7BrF4N2O. The normalized spacial score (nSPS) is 11.3. The van der Waals surface area contributed by atoms with Crippen molar-refractivity contribution in [2.24, 2.45) is 0 Å². The third-order valence-electron chi connectivity index (χ3n) is 2.50. The number of anilines is 1. The summed E-state index contributed by atoms with van der Waals surface area (Å²) in [6, 6.07) is 5.36. The number of nitrogens with zero attached hydrogens (tertiary/aromatic N) is 1. The lowest BCUT2D eigenvalue weighted by Crippen LogP contribution is -2.15. The molecule has 0 atom stereocenters. The van der Waals surface area contributed by atoms with E-state index in [2.05, 4.69) is 26.2 Å². The van der Waals surface area contributed by atoms with Crippen molar-refractivity contribution in [3.63, 3.8) is 0 Å². The van der Waals surface area contributed by atoms with E-state index in [0.717, 1.165) is 6.07 Å². The summed E-state index contributed by atoms with van der Waals surface area (Å²) in [4.78, 5) is 15.7. The minimum atomic E-state index is -4.84. The van der Waals surface area contributed by atoms with Gasteiger partial charge >= 0.3 is 6.18 Å². The van der Waals surface area contributed by atoms with Crippen LogP contribution >= 0.6 is 15.9 Å². The summed E-state index contributed by atoms with van der Waals surface area (Å²) in [5.74, 6) is -2.11. The first-order valence-corrected chi connectivity index (χ1v) is 6.37. The highest BCUT2D eigenvalue weighted by atomic mass is 79.9. The summed E-state index contributed by atoms with van der Waals surface area (Å²) < 4.78 is 51.3. The van der Waals surface area contributed by atoms with Crippen LogP contribution in [0.2, 0.25) is 0 Å². The second kappa shape index (κ2) is 5.80. The smallest absolute Gasteiger partial charge is 0.321 e. The molecule has 8 heteroatoms. The predicted molar refractivity (Wildman–Crippen MR) is 71.3 cm³/mol. The molecule has 21 heavy (non-hydrogen) atoms. The molecule has 0 unspecified atom stereocenters. The van der Waals surface area contributed by atoms with Gasteiger partial charge in [0.05, 0.1) is 5.56 Å². The Morgan fingerprint density at radius 1 is 1.24 bits per heavy atom. The zero-order valence-corrected chi connectivity index (χ0v) is 11.8. The summed E-state index contributed by atoms with van der Waals surface area (Å²) in [6.07, 6.45) is -3.47. The topological polar surface area (TPSA) is 42.0 Å². The lowest BCUT2D eigenvalue weighted by Gasteiger charge is -2.11. The van der Waals surface area contributed by atoms with Gasteiger partial charge in [0.15, 0.2) is 0 Å². The Bertz CT molecular complexity index is 688. The molecule has 1 amide bonds. The molecule has 0 saturated heterocycles. The standard InChI is InChI=1S/C13H7BrF4N2O/c14-9-2-1-5-19-11(9)12(21)20-7-3-4-10(15)8(6-7)13(16,17)18/h1-6H,(H,20,21). The maximum absolute atomic E-state index is 13.1. The molecule has 0 spiro atoms. The number of halogens is 5. The second-order valence-corrected chi connectivity index (χ2v) is 4.83. The van der Waals surface area contributed by atoms with Crippen molar-refractivity contribution in [1.29, 1.82) is 0 Å². The van der Waals surface area contributed by atoms with E-state index in [1.165, 1.54) is 6.20 Å². The van der Waals surface area contributed by atoms with Gasteiger partial charge in [-0.05, 0) is 46.3 Å². The van der Waals surface area contributed by atoms with E-state index < -0.39 is 23.5 Å². The van der Waals surface area contributed by atoms with Gasteiger partial charge in [-0.3, -0.25) is 4.79 Å². The first kappa shape index (κ1) is 15.4. The van der Waals surface area contributed by atoms with Crippen LogP contribution in [0.4, 0.5) is 23.2 Å². The van der Waals surface area contributed by atoms with Gasteiger partial charge in [0.2, 0.25) is 0 Å². The molecule has 0 bridgehead atoms. The highest BCUT2D eigenvalue weighted by molar-refractivity contribution is 9.10. The van der Waals surface area contributed by atoms with Crippen molar-refractivity contribution in [2.45, 2.75) is 6.18 Å². The fraction of sp³-hybridized carbons (Fsp3) is 0.0769. The molecule has 0 fully saturated rings. The van der Waals surface area contributed by atoms with E-state index in [4.69, 9.17) is 0 Å². The average molecular weight is 363 g/mol. The Morgan fingerprint density at radius 2 is 1.95 bits per heavy atom. The molecule has 110 valence electrons. The summed E-state index contributed by atoms with van der Waals surface area (Å²) in [5, 5.41) is 2.24. The molecule has 1 aromatic carbocycles. The van der Waals surface area contributed by atoms with Gasteiger partial charge in [0, 0.05) is 16.4 Å². The number of rotatable bonds is 2. The van der Waals surface area contributed by atoms with Crippen molar-refractivity contribution < 1.29 is 22.4 Å². The van der Waals surface area contributed by atoms with Crippen LogP contribution in [0.3, 0.4) is 0 Å². The molecule has 1 heterocycles. The maximum atomic E-state index is 13.1. The fourth-order valence-electron chi connectivity index (χ4n) is 1.56. The van der Waals surface area contributed by atoms with Crippen LogP contribution < -0.4 is 5.32 Å². The minimum absolute atomic E-state index is 0.00961. The summed E-state index contributed by atoms with van der Waals surface area (Å²) in [6.45, 7) is 0. The SMILES string of the molecule is O=C(Nc1ccc(F)c(C(F)(F)F)c1)c1ncccc1Br. The largest absolute Gasteiger partial charge is 0.419 e. The van der Waals surface area contributed by atoms with E-state index in [1.807, 2.05) is 0 Å². The Balaban J connectivity index is 2.29. The van der Waals surface area contributed by atoms with E-state index in [-0.39, 0.29) is 11.4 Å². The number of carbonyl (C=O) groups excluding carboxylic acids is 1. The van der Waals surface area contributed by atoms with Gasteiger partial charge in [0.25, 0.3) is 5.91 Å². The van der Waals surface area contributed by atoms with Crippen LogP contribution in [0.1, 0.15) is 16.1 Å². The van der Waals surface area contributed by atoms with E-state index >= 15 is 0 Å². The number of amides is 1. The van der Waals surface area contributed by atoms with E-state index in [9.17, 15) is 22.4 Å². The number of aromatic nitrogens is 1. The molecule has 2 aromatic rings. The number of hydrogen-bond donors (Lipinski definition) is 1. The van der Waals surface area contributed by atoms with Crippen LogP contribution in [0.25, 0.3) is 0 Å². The van der Waals surface area contributed by atoms with Crippen molar-refractivity contribution in [3.05, 3.63) is 58.1 Å². The third kappa shape index (κ3) is 3.57. The maximum Gasteiger partial charge on any atom is 0.419 e. The zero-order valence-electron chi connectivity index (χ0n) is 10.2. The molecule has 1 aromatic heterocycles. The van der Waals surface area contributed by atoms with Crippen molar-refractivity contribution in [1.82, 2.24) is 4.98 Å². The quantitative estimate of drug-likeness (QED) is 0.811. The lowest BCUT2D eigenvalue weighted by atomic mass is 10.1. The van der Waals surface area contributed by atoms with Gasteiger partial charge in [-0.2, -0.15) is 13.2 Å². The van der Waals surface area contributed by atoms with Gasteiger partial charge in [-0.1, -0.05) is 0 Å². The minimum Gasteiger partial charge on any atom is -0.321 e. The number of carbonyl (C=O) groups is 1. The lowest BCUT2D eigenvalue weighted by molar-refractivity contribution is -0.139. The van der Waals surface area contributed by atoms with Gasteiger partial charge < -0.3 is 5.32 Å². The highest BCUT2D eigenvalue weighted by Crippen LogP contribution is 2.33. The first-order chi connectivity index (χ1) is 9.79. The Morgan fingerprint density at radius 3 is 2.57 bits per heavy atom.